The van der Waals surface area contributed by atoms with Crippen LogP contribution in [0.5, 0.6) is 0 Å². The summed E-state index contributed by atoms with van der Waals surface area (Å²) in [6.07, 6.45) is 11.0. The maximum Gasteiger partial charge on any atom is 0.306 e. The van der Waals surface area contributed by atoms with Crippen LogP contribution in [0.15, 0.2) is 24.3 Å². The van der Waals surface area contributed by atoms with Crippen LogP contribution in [0.1, 0.15) is 84.5 Å². The Balaban J connectivity index is 3.26. The second-order valence-corrected chi connectivity index (χ2v) is 6.92. The first-order valence-electron chi connectivity index (χ1n) is 9.52. The van der Waals surface area contributed by atoms with Crippen LogP contribution in [0, 0.1) is 0 Å². The molecular formula is C21H36O4. The van der Waals surface area contributed by atoms with Crippen molar-refractivity contribution in [1.82, 2.24) is 0 Å². The van der Waals surface area contributed by atoms with Gasteiger partial charge in [0.2, 0.25) is 0 Å². The minimum absolute atomic E-state index is 0.121. The molecule has 25 heavy (non-hydrogen) atoms. The van der Waals surface area contributed by atoms with Gasteiger partial charge in [0.1, 0.15) is 13.2 Å². The summed E-state index contributed by atoms with van der Waals surface area (Å²) in [5.74, 6) is -0.241. The summed E-state index contributed by atoms with van der Waals surface area (Å²) in [5, 5.41) is 0. The van der Waals surface area contributed by atoms with Gasteiger partial charge in [-0.1, -0.05) is 58.1 Å². The SMILES string of the molecule is C=C(C)COC(=O)CCCCCCCCCCCC(=O)OCC(=C)C. The lowest BCUT2D eigenvalue weighted by molar-refractivity contribution is -0.143. The molecule has 0 fully saturated rings. The smallest absolute Gasteiger partial charge is 0.306 e. The van der Waals surface area contributed by atoms with Crippen molar-refractivity contribution in [3.63, 3.8) is 0 Å². The predicted molar refractivity (Wildman–Crippen MR) is 102 cm³/mol. The molecule has 0 saturated carbocycles. The van der Waals surface area contributed by atoms with Gasteiger partial charge in [0.25, 0.3) is 0 Å². The van der Waals surface area contributed by atoms with Crippen molar-refractivity contribution in [3.8, 4) is 0 Å². The van der Waals surface area contributed by atoms with Gasteiger partial charge in [0.15, 0.2) is 0 Å². The van der Waals surface area contributed by atoms with Gasteiger partial charge in [-0.2, -0.15) is 0 Å². The Bertz CT molecular complexity index is 374. The Kier molecular flexibility index (Phi) is 14.9. The zero-order valence-electron chi connectivity index (χ0n) is 16.2. The Labute approximate surface area is 153 Å². The molecular weight excluding hydrogens is 316 g/mol. The molecule has 0 aliphatic rings. The summed E-state index contributed by atoms with van der Waals surface area (Å²) in [6.45, 7) is 11.8. The van der Waals surface area contributed by atoms with Crippen LogP contribution in [-0.4, -0.2) is 25.2 Å². The van der Waals surface area contributed by atoms with E-state index in [1.165, 1.54) is 32.1 Å². The second-order valence-electron chi connectivity index (χ2n) is 6.92. The third-order valence-electron chi connectivity index (χ3n) is 3.72. The lowest BCUT2D eigenvalue weighted by Crippen LogP contribution is -2.05. The summed E-state index contributed by atoms with van der Waals surface area (Å²) >= 11 is 0. The highest BCUT2D eigenvalue weighted by Gasteiger charge is 2.03. The van der Waals surface area contributed by atoms with Crippen molar-refractivity contribution in [2.24, 2.45) is 0 Å². The molecule has 0 N–H and O–H groups in total. The predicted octanol–water partition coefficient (Wildman–Crippen LogP) is 5.52. The normalized spacial score (nSPS) is 10.3. The lowest BCUT2D eigenvalue weighted by atomic mass is 10.1. The molecule has 0 aromatic carbocycles. The number of ether oxygens (including phenoxy) is 2. The molecule has 0 saturated heterocycles. The summed E-state index contributed by atoms with van der Waals surface area (Å²) in [6, 6.07) is 0. The average molecular weight is 353 g/mol. The van der Waals surface area contributed by atoms with Crippen molar-refractivity contribution < 1.29 is 19.1 Å². The van der Waals surface area contributed by atoms with Gasteiger partial charge in [0, 0.05) is 12.8 Å². The number of hydrogen-bond acceptors (Lipinski definition) is 4. The van der Waals surface area contributed by atoms with Crippen LogP contribution < -0.4 is 0 Å². The van der Waals surface area contributed by atoms with E-state index in [0.29, 0.717) is 26.1 Å². The van der Waals surface area contributed by atoms with Gasteiger partial charge in [-0.3, -0.25) is 9.59 Å². The van der Waals surface area contributed by atoms with Crippen molar-refractivity contribution in [1.29, 1.82) is 0 Å². The fraction of sp³-hybridized carbons (Fsp3) is 0.714. The lowest BCUT2D eigenvalue weighted by Gasteiger charge is -2.05. The van der Waals surface area contributed by atoms with E-state index < -0.39 is 0 Å². The van der Waals surface area contributed by atoms with Crippen LogP contribution in [0.3, 0.4) is 0 Å². The number of esters is 2. The van der Waals surface area contributed by atoms with Crippen LogP contribution in [-0.2, 0) is 19.1 Å². The highest BCUT2D eigenvalue weighted by atomic mass is 16.5. The van der Waals surface area contributed by atoms with E-state index in [4.69, 9.17) is 9.47 Å². The average Bonchev–Trinajstić information content (AvgIpc) is 2.55. The molecule has 4 heteroatoms. The minimum Gasteiger partial charge on any atom is -0.461 e. The van der Waals surface area contributed by atoms with E-state index in [0.717, 1.165) is 36.8 Å². The quantitative estimate of drug-likeness (QED) is 0.209. The summed E-state index contributed by atoms with van der Waals surface area (Å²) in [7, 11) is 0. The van der Waals surface area contributed by atoms with Crippen LogP contribution in [0.4, 0.5) is 0 Å². The molecule has 0 unspecified atom stereocenters. The van der Waals surface area contributed by atoms with Crippen molar-refractivity contribution in [3.05, 3.63) is 24.3 Å². The van der Waals surface area contributed by atoms with E-state index in [2.05, 4.69) is 13.2 Å². The third-order valence-corrected chi connectivity index (χ3v) is 3.72. The van der Waals surface area contributed by atoms with E-state index in [-0.39, 0.29) is 11.9 Å². The molecule has 0 aliphatic heterocycles. The summed E-state index contributed by atoms with van der Waals surface area (Å²) in [4.78, 5) is 22.8. The molecule has 0 amide bonds. The molecule has 0 radical (unpaired) electrons. The van der Waals surface area contributed by atoms with E-state index in [1.807, 2.05) is 13.8 Å². The molecule has 0 aromatic rings. The van der Waals surface area contributed by atoms with Crippen LogP contribution >= 0.6 is 0 Å². The van der Waals surface area contributed by atoms with Gasteiger partial charge >= 0.3 is 11.9 Å². The van der Waals surface area contributed by atoms with Crippen molar-refractivity contribution >= 4 is 11.9 Å². The molecule has 0 heterocycles. The standard InChI is InChI=1S/C21H36O4/c1-18(2)16-24-20(22)14-12-10-8-6-5-7-9-11-13-15-21(23)25-17-19(3)4/h1,3,5-17H2,2,4H3. The van der Waals surface area contributed by atoms with Crippen LogP contribution in [0.25, 0.3) is 0 Å². The maximum absolute atomic E-state index is 11.4. The topological polar surface area (TPSA) is 52.6 Å². The van der Waals surface area contributed by atoms with Crippen molar-refractivity contribution in [2.75, 3.05) is 13.2 Å². The minimum atomic E-state index is -0.121. The Morgan fingerprint density at radius 2 is 0.880 bits per heavy atom. The van der Waals surface area contributed by atoms with Gasteiger partial charge in [-0.25, -0.2) is 0 Å². The first kappa shape index (κ1) is 23.4. The van der Waals surface area contributed by atoms with Gasteiger partial charge in [0.05, 0.1) is 0 Å². The molecule has 4 nitrogen and oxygen atoms in total. The Morgan fingerprint density at radius 3 is 1.16 bits per heavy atom. The Hall–Kier alpha value is -1.58. The van der Waals surface area contributed by atoms with E-state index in [9.17, 15) is 9.59 Å². The molecule has 144 valence electrons. The number of carbonyl (C=O) groups excluding carboxylic acids is 2. The molecule has 0 spiro atoms. The highest BCUT2D eigenvalue weighted by molar-refractivity contribution is 5.69. The number of unbranched alkanes of at least 4 members (excludes halogenated alkanes) is 8. The largest absolute Gasteiger partial charge is 0.461 e. The van der Waals surface area contributed by atoms with Crippen molar-refractivity contribution in [2.45, 2.75) is 84.5 Å². The number of carbonyl (C=O) groups is 2. The number of hydrogen-bond donors (Lipinski definition) is 0. The fourth-order valence-electron chi connectivity index (χ4n) is 2.33. The number of rotatable bonds is 16. The first-order chi connectivity index (χ1) is 11.9. The first-order valence-corrected chi connectivity index (χ1v) is 9.52. The second kappa shape index (κ2) is 15.9. The van der Waals surface area contributed by atoms with E-state index >= 15 is 0 Å². The fourth-order valence-corrected chi connectivity index (χ4v) is 2.33. The molecule has 0 rings (SSSR count). The monoisotopic (exact) mass is 352 g/mol. The summed E-state index contributed by atoms with van der Waals surface area (Å²) in [5.41, 5.74) is 1.74. The van der Waals surface area contributed by atoms with Gasteiger partial charge in [-0.05, 0) is 37.8 Å². The van der Waals surface area contributed by atoms with Gasteiger partial charge < -0.3 is 9.47 Å². The van der Waals surface area contributed by atoms with Gasteiger partial charge in [-0.15, -0.1) is 0 Å². The molecule has 0 aliphatic carbocycles. The zero-order valence-corrected chi connectivity index (χ0v) is 16.2. The van der Waals surface area contributed by atoms with E-state index in [1.54, 1.807) is 0 Å². The third kappa shape index (κ3) is 18.6. The highest BCUT2D eigenvalue weighted by Crippen LogP contribution is 2.12. The molecule has 0 aromatic heterocycles. The molecule has 0 atom stereocenters. The molecule has 0 bridgehead atoms. The Morgan fingerprint density at radius 1 is 0.600 bits per heavy atom. The zero-order chi connectivity index (χ0) is 18.9. The maximum atomic E-state index is 11.4. The summed E-state index contributed by atoms with van der Waals surface area (Å²) < 4.78 is 10.1. The van der Waals surface area contributed by atoms with Crippen LogP contribution in [0.2, 0.25) is 0 Å².